The maximum absolute atomic E-state index is 13.6. The lowest BCUT2D eigenvalue weighted by Gasteiger charge is -2.45. The fourth-order valence-corrected chi connectivity index (χ4v) is 33.0. The molecule has 0 aromatic carbocycles. The van der Waals surface area contributed by atoms with Crippen molar-refractivity contribution in [2.24, 2.45) is 0 Å². The van der Waals surface area contributed by atoms with Crippen LogP contribution in [-0.4, -0.2) is 90.9 Å². The van der Waals surface area contributed by atoms with E-state index in [1.165, 1.54) is 0 Å². The molecular formula is C29H70O10Si8. The lowest BCUT2D eigenvalue weighted by molar-refractivity contribution is -0.150. The minimum Gasteiger partial charge on any atom is -0.458 e. The monoisotopic (exact) mass is 802 g/mol. The van der Waals surface area contributed by atoms with Gasteiger partial charge in [0.05, 0.1) is 6.42 Å². The van der Waals surface area contributed by atoms with Crippen LogP contribution < -0.4 is 0 Å². The van der Waals surface area contributed by atoms with Crippen molar-refractivity contribution in [2.45, 2.75) is 162 Å². The van der Waals surface area contributed by atoms with Gasteiger partial charge in [0.2, 0.25) is 0 Å². The Morgan fingerprint density at radius 2 is 0.702 bits per heavy atom. The molecule has 2 unspecified atom stereocenters. The van der Waals surface area contributed by atoms with Gasteiger partial charge in [0.1, 0.15) is 0 Å². The zero-order valence-corrected chi connectivity index (χ0v) is 41.6. The number of ether oxygens (including phenoxy) is 2. The van der Waals surface area contributed by atoms with Crippen LogP contribution in [0.2, 0.25) is 118 Å². The normalized spacial score (nSPS) is 15.7. The number of hydrogen-bond donors (Lipinski definition) is 0. The first-order valence-corrected chi connectivity index (χ1v) is 40.9. The molecule has 0 heterocycles. The van der Waals surface area contributed by atoms with Gasteiger partial charge in [-0.3, -0.25) is 4.79 Å². The van der Waals surface area contributed by atoms with Gasteiger partial charge in [0, 0.05) is 5.57 Å². The van der Waals surface area contributed by atoms with Crippen molar-refractivity contribution in [2.75, 3.05) is 0 Å². The Morgan fingerprint density at radius 3 is 0.915 bits per heavy atom. The summed E-state index contributed by atoms with van der Waals surface area (Å²) in [5.74, 6) is -1.31. The Morgan fingerprint density at radius 1 is 0.468 bits per heavy atom. The van der Waals surface area contributed by atoms with Crippen LogP contribution in [0.5, 0.6) is 0 Å². The van der Waals surface area contributed by atoms with Crippen LogP contribution in [0.3, 0.4) is 0 Å². The Bertz CT molecular complexity index is 967. The van der Waals surface area contributed by atoms with E-state index in [0.29, 0.717) is 12.8 Å². The van der Waals surface area contributed by atoms with Crippen LogP contribution in [0.1, 0.15) is 33.1 Å². The van der Waals surface area contributed by atoms with E-state index in [1.807, 2.05) is 13.8 Å². The van der Waals surface area contributed by atoms with E-state index in [-0.39, 0.29) is 12.0 Å². The summed E-state index contributed by atoms with van der Waals surface area (Å²) in [6, 6.07) is 0. The molecule has 2 atom stereocenters. The second kappa shape index (κ2) is 17.1. The molecule has 278 valence electrons. The van der Waals surface area contributed by atoms with Crippen molar-refractivity contribution < 1.29 is 43.8 Å². The van der Waals surface area contributed by atoms with Gasteiger partial charge in [-0.2, -0.15) is 0 Å². The summed E-state index contributed by atoms with van der Waals surface area (Å²) in [6.07, 6.45) is 0.518. The molecule has 0 amide bonds. The van der Waals surface area contributed by atoms with Crippen LogP contribution in [0.4, 0.5) is 0 Å². The topological polar surface area (TPSA) is 108 Å². The number of carbonyl (C=O) groups excluding carboxylic acids is 2. The summed E-state index contributed by atoms with van der Waals surface area (Å²) in [4.78, 5) is 27.2. The standard InChI is InChI=1S/C29H70O10Si8/c1-22-27(46(34-40(4,5)6,35-41(7,8)9)36-42(10,11)12)32-26(30)24-25(3)29(31)33-28(23-2)47(37-43(13,14)15,38-44(16,17)18)39-45(19,20)21/h27-28H,3,22-24H2,1-2,4-21H3. The molecule has 0 radical (unpaired) electrons. The Balaban J connectivity index is 6.46. The Hall–Kier alpha value is 0.175. The second-order valence-electron chi connectivity index (χ2n) is 18.0. The van der Waals surface area contributed by atoms with Crippen molar-refractivity contribution >= 4 is 79.5 Å². The minimum absolute atomic E-state index is 0.0178. The molecule has 10 nitrogen and oxygen atoms in total. The molecule has 18 heteroatoms. The van der Waals surface area contributed by atoms with Crippen molar-refractivity contribution in [3.05, 3.63) is 12.2 Å². The summed E-state index contributed by atoms with van der Waals surface area (Å²) < 4.78 is 53.0. The molecular weight excluding hydrogens is 733 g/mol. The van der Waals surface area contributed by atoms with Crippen LogP contribution >= 0.6 is 0 Å². The summed E-state index contributed by atoms with van der Waals surface area (Å²) in [5.41, 5.74) is -1.50. The summed E-state index contributed by atoms with van der Waals surface area (Å²) in [6.45, 7) is 45.3. The first kappa shape index (κ1) is 47.2. The average molecular weight is 804 g/mol. The summed E-state index contributed by atoms with van der Waals surface area (Å²) in [5, 5.41) is 0. The summed E-state index contributed by atoms with van der Waals surface area (Å²) in [7, 11) is -20.4. The highest BCUT2D eigenvalue weighted by Crippen LogP contribution is 2.33. The molecule has 0 saturated carbocycles. The molecule has 0 N–H and O–H groups in total. The van der Waals surface area contributed by atoms with Crippen LogP contribution in [-0.2, 0) is 43.8 Å². The highest BCUT2D eigenvalue weighted by atomic mass is 28.5. The average Bonchev–Trinajstić information content (AvgIpc) is 2.73. The van der Waals surface area contributed by atoms with Gasteiger partial charge >= 0.3 is 29.5 Å². The van der Waals surface area contributed by atoms with Crippen LogP contribution in [0, 0.1) is 0 Å². The predicted molar refractivity (Wildman–Crippen MR) is 212 cm³/mol. The second-order valence-corrected chi connectivity index (χ2v) is 51.9. The lowest BCUT2D eigenvalue weighted by atomic mass is 10.2. The van der Waals surface area contributed by atoms with E-state index in [4.69, 9.17) is 34.2 Å². The predicted octanol–water partition coefficient (Wildman–Crippen LogP) is 8.64. The molecule has 47 heavy (non-hydrogen) atoms. The highest BCUT2D eigenvalue weighted by molar-refractivity contribution is 6.91. The van der Waals surface area contributed by atoms with E-state index in [2.05, 4.69) is 124 Å². The third kappa shape index (κ3) is 19.4. The van der Waals surface area contributed by atoms with Gasteiger partial charge in [0.25, 0.3) is 0 Å². The highest BCUT2D eigenvalue weighted by Gasteiger charge is 2.59. The SMILES string of the molecule is C=C(CC(=O)OC(CC)[Si](O[Si](C)(C)C)(O[Si](C)(C)C)O[Si](C)(C)C)C(=O)OC(CC)[Si](O[Si](C)(C)C)(O[Si](C)(C)C)O[Si](C)(C)C. The number of carbonyl (C=O) groups is 2. The van der Waals surface area contributed by atoms with Gasteiger partial charge in [-0.05, 0) is 131 Å². The third-order valence-corrected chi connectivity index (χ3v) is 29.5. The largest absolute Gasteiger partial charge is 0.512 e. The third-order valence-electron chi connectivity index (χ3n) is 5.39. The molecule has 0 rings (SSSR count). The van der Waals surface area contributed by atoms with E-state index >= 15 is 0 Å². The van der Waals surface area contributed by atoms with Gasteiger partial charge in [-0.25, -0.2) is 4.79 Å². The first-order chi connectivity index (χ1) is 20.6. The number of hydrogen-bond acceptors (Lipinski definition) is 10. The maximum Gasteiger partial charge on any atom is 0.512 e. The molecule has 0 spiro atoms. The maximum atomic E-state index is 13.6. The van der Waals surface area contributed by atoms with E-state index < -0.39 is 90.9 Å². The van der Waals surface area contributed by atoms with E-state index in [0.717, 1.165) is 0 Å². The van der Waals surface area contributed by atoms with E-state index in [9.17, 15) is 9.59 Å². The van der Waals surface area contributed by atoms with Crippen molar-refractivity contribution in [1.82, 2.24) is 0 Å². The Labute approximate surface area is 296 Å². The molecule has 0 fully saturated rings. The zero-order chi connectivity index (χ0) is 37.7. The van der Waals surface area contributed by atoms with Crippen molar-refractivity contribution in [3.8, 4) is 0 Å². The fourth-order valence-electron chi connectivity index (χ4n) is 4.55. The van der Waals surface area contributed by atoms with Gasteiger partial charge < -0.3 is 34.2 Å². The first-order valence-electron chi connectivity index (χ1n) is 16.9. The van der Waals surface area contributed by atoms with E-state index in [1.54, 1.807) is 0 Å². The minimum atomic E-state index is -3.55. The summed E-state index contributed by atoms with van der Waals surface area (Å²) >= 11 is 0. The molecule has 0 aliphatic carbocycles. The lowest BCUT2D eigenvalue weighted by Crippen LogP contribution is -2.67. The van der Waals surface area contributed by atoms with Gasteiger partial charge in [0.15, 0.2) is 61.4 Å². The fraction of sp³-hybridized carbons (Fsp3) is 0.862. The molecule has 0 aliphatic heterocycles. The molecule has 0 aromatic heterocycles. The van der Waals surface area contributed by atoms with Crippen LogP contribution in [0.15, 0.2) is 12.2 Å². The number of rotatable bonds is 21. The molecule has 0 saturated heterocycles. The van der Waals surface area contributed by atoms with Crippen molar-refractivity contribution in [3.63, 3.8) is 0 Å². The van der Waals surface area contributed by atoms with Gasteiger partial charge in [-0.15, -0.1) is 0 Å². The molecule has 0 aromatic rings. The van der Waals surface area contributed by atoms with Crippen LogP contribution in [0.25, 0.3) is 0 Å². The Kier molecular flexibility index (Phi) is 17.2. The van der Waals surface area contributed by atoms with Crippen molar-refractivity contribution in [1.29, 1.82) is 0 Å². The molecule has 0 bridgehead atoms. The smallest absolute Gasteiger partial charge is 0.458 e. The zero-order valence-electron chi connectivity index (χ0n) is 33.6. The number of esters is 2. The van der Waals surface area contributed by atoms with Gasteiger partial charge in [-0.1, -0.05) is 20.4 Å². The molecule has 0 aliphatic rings. The quantitative estimate of drug-likeness (QED) is 0.0636.